The molecule has 2 aromatic carbocycles. The number of nitrogens with one attached hydrogen (secondary N) is 1. The molecule has 2 unspecified atom stereocenters. The molecule has 0 bridgehead atoms. The molecule has 5 rings (SSSR count). The van der Waals surface area contributed by atoms with Crippen molar-refractivity contribution >= 4 is 12.2 Å². The molecule has 0 spiro atoms. The molecule has 3 heterocycles. The van der Waals surface area contributed by atoms with E-state index in [2.05, 4.69) is 27.6 Å². The summed E-state index contributed by atoms with van der Waals surface area (Å²) in [4.78, 5) is 0. The van der Waals surface area contributed by atoms with Crippen molar-refractivity contribution in [1.82, 2.24) is 15.4 Å². The highest BCUT2D eigenvalue weighted by atomic mass is 16.5. The molecule has 0 radical (unpaired) electrons. The molecule has 2 aliphatic rings. The number of hydrogen-bond acceptors (Lipinski definition) is 4. The minimum atomic E-state index is -0.294. The fraction of sp³-hybridized carbons (Fsp3) is 0.100. The zero-order valence-corrected chi connectivity index (χ0v) is 13.3. The first-order chi connectivity index (χ1) is 12.4. The Balaban J connectivity index is 1.46. The second-order valence-corrected chi connectivity index (χ2v) is 5.96. The molecule has 5 heteroatoms. The van der Waals surface area contributed by atoms with Gasteiger partial charge in [-0.1, -0.05) is 48.6 Å². The number of rotatable bonds is 2. The lowest BCUT2D eigenvalue weighted by molar-refractivity contribution is 0.224. The molecule has 0 aliphatic carbocycles. The van der Waals surface area contributed by atoms with Crippen molar-refractivity contribution in [3.8, 4) is 11.5 Å². The fourth-order valence-electron chi connectivity index (χ4n) is 3.15. The molecule has 1 N–H and O–H groups in total. The van der Waals surface area contributed by atoms with E-state index in [0.717, 1.165) is 34.0 Å². The van der Waals surface area contributed by atoms with E-state index < -0.39 is 0 Å². The summed E-state index contributed by atoms with van der Waals surface area (Å²) in [5, 5.41) is 11.3. The third-order valence-electron chi connectivity index (χ3n) is 4.39. The van der Waals surface area contributed by atoms with E-state index in [1.54, 1.807) is 0 Å². The predicted molar refractivity (Wildman–Crippen MR) is 94.1 cm³/mol. The number of nitrogens with zero attached hydrogens (tertiary/aromatic N) is 2. The van der Waals surface area contributed by atoms with Crippen LogP contribution < -0.4 is 9.47 Å². The predicted octanol–water partition coefficient (Wildman–Crippen LogP) is 4.10. The lowest BCUT2D eigenvalue weighted by Gasteiger charge is -2.23. The smallest absolute Gasteiger partial charge is 0.163 e. The molecule has 0 saturated carbocycles. The van der Waals surface area contributed by atoms with Crippen molar-refractivity contribution in [2.24, 2.45) is 0 Å². The number of H-pyrrole nitrogens is 1. The Morgan fingerprint density at radius 3 is 1.68 bits per heavy atom. The average molecular weight is 329 g/mol. The molecule has 2 atom stereocenters. The molecule has 0 amide bonds. The third-order valence-corrected chi connectivity index (χ3v) is 4.39. The maximum Gasteiger partial charge on any atom is 0.163 e. The highest BCUT2D eigenvalue weighted by Crippen LogP contribution is 2.37. The Morgan fingerprint density at radius 1 is 0.680 bits per heavy atom. The van der Waals surface area contributed by atoms with Crippen LogP contribution in [0.4, 0.5) is 0 Å². The van der Waals surface area contributed by atoms with Gasteiger partial charge in [0.2, 0.25) is 0 Å². The molecular weight excluding hydrogens is 314 g/mol. The van der Waals surface area contributed by atoms with Crippen molar-refractivity contribution in [3.05, 3.63) is 83.2 Å². The quantitative estimate of drug-likeness (QED) is 0.769. The SMILES string of the molecule is C1=CC(c2n[nH]nc2C2C=Cc3ccccc3O2)Oc2ccccc21. The topological polar surface area (TPSA) is 60.0 Å². The normalized spacial score (nSPS) is 20.3. The van der Waals surface area contributed by atoms with E-state index in [-0.39, 0.29) is 12.2 Å². The number of hydrogen-bond donors (Lipinski definition) is 1. The van der Waals surface area contributed by atoms with Crippen LogP contribution in [0, 0.1) is 0 Å². The zero-order chi connectivity index (χ0) is 16.6. The van der Waals surface area contributed by atoms with Crippen LogP contribution in [0.2, 0.25) is 0 Å². The summed E-state index contributed by atoms with van der Waals surface area (Å²) in [5.41, 5.74) is 3.60. The number of benzene rings is 2. The molecule has 0 saturated heterocycles. The van der Waals surface area contributed by atoms with Gasteiger partial charge in [-0.05, 0) is 24.3 Å². The minimum Gasteiger partial charge on any atom is -0.479 e. The lowest BCUT2D eigenvalue weighted by Crippen LogP contribution is -2.16. The van der Waals surface area contributed by atoms with Gasteiger partial charge >= 0.3 is 0 Å². The molecule has 122 valence electrons. The van der Waals surface area contributed by atoms with Gasteiger partial charge in [-0.25, -0.2) is 0 Å². The van der Waals surface area contributed by atoms with E-state index in [1.165, 1.54) is 0 Å². The van der Waals surface area contributed by atoms with Gasteiger partial charge < -0.3 is 9.47 Å². The van der Waals surface area contributed by atoms with Crippen LogP contribution >= 0.6 is 0 Å². The van der Waals surface area contributed by atoms with Gasteiger partial charge in [-0.3, -0.25) is 0 Å². The van der Waals surface area contributed by atoms with Crippen molar-refractivity contribution in [1.29, 1.82) is 0 Å². The van der Waals surface area contributed by atoms with Crippen LogP contribution in [-0.4, -0.2) is 15.4 Å². The highest BCUT2D eigenvalue weighted by molar-refractivity contribution is 5.62. The number of aromatic amines is 1. The van der Waals surface area contributed by atoms with Gasteiger partial charge in [-0.15, -0.1) is 0 Å². The van der Waals surface area contributed by atoms with Crippen molar-refractivity contribution in [2.45, 2.75) is 12.2 Å². The Labute approximate surface area is 144 Å². The van der Waals surface area contributed by atoms with Gasteiger partial charge in [0.25, 0.3) is 0 Å². The third kappa shape index (κ3) is 2.41. The summed E-state index contributed by atoms with van der Waals surface area (Å²) in [6, 6.07) is 15.9. The summed E-state index contributed by atoms with van der Waals surface area (Å²) in [6.45, 7) is 0. The van der Waals surface area contributed by atoms with E-state index in [9.17, 15) is 0 Å². The second kappa shape index (κ2) is 5.63. The van der Waals surface area contributed by atoms with Crippen LogP contribution in [0.15, 0.2) is 60.7 Å². The van der Waals surface area contributed by atoms with E-state index in [0.29, 0.717) is 0 Å². The molecule has 2 aliphatic heterocycles. The van der Waals surface area contributed by atoms with Crippen LogP contribution in [0.25, 0.3) is 12.2 Å². The lowest BCUT2D eigenvalue weighted by atomic mass is 10.0. The number of fused-ring (bicyclic) bond motifs is 2. The molecule has 25 heavy (non-hydrogen) atoms. The molecule has 1 aromatic heterocycles. The summed E-state index contributed by atoms with van der Waals surface area (Å²) in [5.74, 6) is 1.68. The van der Waals surface area contributed by atoms with Crippen molar-refractivity contribution < 1.29 is 9.47 Å². The average Bonchev–Trinajstić information content (AvgIpc) is 3.17. The van der Waals surface area contributed by atoms with Crippen LogP contribution in [0.1, 0.15) is 34.7 Å². The molecular formula is C20H15N3O2. The van der Waals surface area contributed by atoms with Crippen LogP contribution in [-0.2, 0) is 0 Å². The summed E-state index contributed by atoms with van der Waals surface area (Å²) < 4.78 is 12.2. The number of para-hydroxylation sites is 2. The Bertz CT molecular complexity index is 912. The van der Waals surface area contributed by atoms with Gasteiger partial charge in [0.15, 0.2) is 12.2 Å². The maximum atomic E-state index is 6.09. The van der Waals surface area contributed by atoms with Crippen molar-refractivity contribution in [3.63, 3.8) is 0 Å². The summed E-state index contributed by atoms with van der Waals surface area (Å²) in [6.07, 6.45) is 7.49. The van der Waals surface area contributed by atoms with E-state index in [1.807, 2.05) is 60.7 Å². The van der Waals surface area contributed by atoms with Gasteiger partial charge in [-0.2, -0.15) is 15.4 Å². The highest BCUT2D eigenvalue weighted by Gasteiger charge is 2.28. The van der Waals surface area contributed by atoms with Crippen molar-refractivity contribution in [2.75, 3.05) is 0 Å². The largest absolute Gasteiger partial charge is 0.479 e. The Morgan fingerprint density at radius 2 is 1.16 bits per heavy atom. The Hall–Kier alpha value is -3.34. The zero-order valence-electron chi connectivity index (χ0n) is 13.3. The molecule has 5 nitrogen and oxygen atoms in total. The minimum absolute atomic E-state index is 0.294. The van der Waals surface area contributed by atoms with Gasteiger partial charge in [0, 0.05) is 11.1 Å². The van der Waals surface area contributed by atoms with Crippen LogP contribution in [0.3, 0.4) is 0 Å². The molecule has 3 aromatic rings. The summed E-state index contributed by atoms with van der Waals surface area (Å²) in [7, 11) is 0. The standard InChI is InChI=1S/C20H15N3O2/c1-3-7-15-13(5-1)9-11-17(24-15)19-20(22-23-21-19)18-12-10-14-6-2-4-8-16(14)25-18/h1-12,17-18H,(H,21,22,23). The first-order valence-electron chi connectivity index (χ1n) is 8.17. The second-order valence-electron chi connectivity index (χ2n) is 5.96. The first-order valence-corrected chi connectivity index (χ1v) is 8.17. The van der Waals surface area contributed by atoms with E-state index in [4.69, 9.17) is 9.47 Å². The number of aromatic nitrogens is 3. The maximum absolute atomic E-state index is 6.09. The fourth-order valence-corrected chi connectivity index (χ4v) is 3.15. The van der Waals surface area contributed by atoms with Gasteiger partial charge in [0.05, 0.1) is 0 Å². The molecule has 0 fully saturated rings. The van der Waals surface area contributed by atoms with Gasteiger partial charge in [0.1, 0.15) is 22.9 Å². The Kier molecular flexibility index (Phi) is 3.16. The van der Waals surface area contributed by atoms with Crippen LogP contribution in [0.5, 0.6) is 11.5 Å². The number of ether oxygens (including phenoxy) is 2. The monoisotopic (exact) mass is 329 g/mol. The summed E-state index contributed by atoms with van der Waals surface area (Å²) >= 11 is 0. The first kappa shape index (κ1) is 14.0. The van der Waals surface area contributed by atoms with E-state index >= 15 is 0 Å².